The van der Waals surface area contributed by atoms with Crippen LogP contribution < -0.4 is 15.2 Å². The molecule has 0 bridgehead atoms. The van der Waals surface area contributed by atoms with Crippen LogP contribution >= 0.6 is 12.4 Å². The van der Waals surface area contributed by atoms with Crippen LogP contribution in [-0.2, 0) is 22.9 Å². The van der Waals surface area contributed by atoms with E-state index < -0.39 is 10.0 Å². The first-order valence-electron chi connectivity index (χ1n) is 7.53. The second kappa shape index (κ2) is 7.53. The molecule has 2 aromatic carbocycles. The fraction of sp³-hybridized carbons (Fsp3) is 0.294. The molecule has 0 radical (unpaired) electrons. The second-order valence-corrected chi connectivity index (χ2v) is 7.17. The standard InChI is InChI=1S/C17H20N2O3S.ClH/c1-22-15-4-2-12(3-5-15)16-10-13-6-8-19-9-7-14(13)11-17(16)23(18,20)21;/h2-5,10-11,19H,6-9H2,1H3,(H2,18,20,21);1H. The van der Waals surface area contributed by atoms with Crippen LogP contribution in [0.2, 0.25) is 0 Å². The molecule has 130 valence electrons. The summed E-state index contributed by atoms with van der Waals surface area (Å²) >= 11 is 0. The normalized spacial score (nSPS) is 14.2. The monoisotopic (exact) mass is 368 g/mol. The van der Waals surface area contributed by atoms with Gasteiger partial charge in [0.1, 0.15) is 5.75 Å². The van der Waals surface area contributed by atoms with Crippen LogP contribution in [0, 0.1) is 0 Å². The summed E-state index contributed by atoms with van der Waals surface area (Å²) in [4.78, 5) is 0.184. The van der Waals surface area contributed by atoms with E-state index in [1.165, 1.54) is 5.56 Å². The average molecular weight is 369 g/mol. The molecule has 3 N–H and O–H groups in total. The Balaban J connectivity index is 0.00000208. The van der Waals surface area contributed by atoms with Crippen molar-refractivity contribution in [3.63, 3.8) is 0 Å². The maximum Gasteiger partial charge on any atom is 0.238 e. The number of halogens is 1. The van der Waals surface area contributed by atoms with E-state index in [-0.39, 0.29) is 17.3 Å². The summed E-state index contributed by atoms with van der Waals surface area (Å²) in [5.74, 6) is 0.727. The number of methoxy groups -OCH3 is 1. The van der Waals surface area contributed by atoms with Crippen LogP contribution in [0.3, 0.4) is 0 Å². The molecule has 1 heterocycles. The van der Waals surface area contributed by atoms with Gasteiger partial charge in [0.2, 0.25) is 10.0 Å². The minimum Gasteiger partial charge on any atom is -0.497 e. The van der Waals surface area contributed by atoms with Gasteiger partial charge in [0.25, 0.3) is 0 Å². The number of hydrogen-bond acceptors (Lipinski definition) is 4. The molecule has 0 aromatic heterocycles. The van der Waals surface area contributed by atoms with Crippen molar-refractivity contribution in [2.75, 3.05) is 20.2 Å². The Kier molecular flexibility index (Phi) is 5.87. The predicted molar refractivity (Wildman–Crippen MR) is 97.3 cm³/mol. The highest BCUT2D eigenvalue weighted by Crippen LogP contribution is 2.32. The van der Waals surface area contributed by atoms with E-state index in [4.69, 9.17) is 9.88 Å². The van der Waals surface area contributed by atoms with E-state index >= 15 is 0 Å². The first kappa shape index (κ1) is 18.7. The fourth-order valence-corrected chi connectivity index (χ4v) is 3.72. The van der Waals surface area contributed by atoms with Gasteiger partial charge in [-0.2, -0.15) is 0 Å². The number of primary sulfonamides is 1. The van der Waals surface area contributed by atoms with Crippen molar-refractivity contribution < 1.29 is 13.2 Å². The first-order valence-corrected chi connectivity index (χ1v) is 9.07. The van der Waals surface area contributed by atoms with Crippen molar-refractivity contribution in [1.82, 2.24) is 5.32 Å². The summed E-state index contributed by atoms with van der Waals surface area (Å²) in [6, 6.07) is 11.0. The lowest BCUT2D eigenvalue weighted by Gasteiger charge is -2.14. The topological polar surface area (TPSA) is 81.4 Å². The quantitative estimate of drug-likeness (QED) is 0.869. The Bertz CT molecular complexity index is 820. The van der Waals surface area contributed by atoms with E-state index in [9.17, 15) is 8.42 Å². The molecule has 0 atom stereocenters. The van der Waals surface area contributed by atoms with Gasteiger partial charge in [-0.15, -0.1) is 12.4 Å². The van der Waals surface area contributed by atoms with E-state index in [1.54, 1.807) is 13.2 Å². The molecule has 7 heteroatoms. The fourth-order valence-electron chi connectivity index (χ4n) is 2.93. The number of sulfonamides is 1. The third-order valence-electron chi connectivity index (χ3n) is 4.15. The van der Waals surface area contributed by atoms with E-state index in [0.717, 1.165) is 42.8 Å². The van der Waals surface area contributed by atoms with Crippen molar-refractivity contribution in [3.05, 3.63) is 47.5 Å². The van der Waals surface area contributed by atoms with Crippen LogP contribution in [0.1, 0.15) is 11.1 Å². The Hall–Kier alpha value is -1.60. The molecule has 1 aliphatic rings. The molecule has 5 nitrogen and oxygen atoms in total. The van der Waals surface area contributed by atoms with Crippen molar-refractivity contribution in [3.8, 4) is 16.9 Å². The summed E-state index contributed by atoms with van der Waals surface area (Å²) in [7, 11) is -2.20. The third kappa shape index (κ3) is 3.89. The number of fused-ring (bicyclic) bond motifs is 1. The third-order valence-corrected chi connectivity index (χ3v) is 5.10. The highest BCUT2D eigenvalue weighted by Gasteiger charge is 2.20. The largest absolute Gasteiger partial charge is 0.497 e. The van der Waals surface area contributed by atoms with Crippen molar-refractivity contribution in [2.24, 2.45) is 5.14 Å². The van der Waals surface area contributed by atoms with Crippen molar-refractivity contribution in [2.45, 2.75) is 17.7 Å². The minimum atomic E-state index is -3.79. The van der Waals surface area contributed by atoms with Crippen molar-refractivity contribution in [1.29, 1.82) is 0 Å². The molecule has 0 spiro atoms. The van der Waals surface area contributed by atoms with Crippen LogP contribution in [0.5, 0.6) is 5.75 Å². The van der Waals surface area contributed by atoms with Gasteiger partial charge in [0, 0.05) is 5.56 Å². The lowest BCUT2D eigenvalue weighted by Crippen LogP contribution is -2.16. The van der Waals surface area contributed by atoms with E-state index in [2.05, 4.69) is 5.32 Å². The van der Waals surface area contributed by atoms with Crippen LogP contribution in [-0.4, -0.2) is 28.6 Å². The first-order chi connectivity index (χ1) is 11.0. The Morgan fingerprint density at radius 1 is 1.04 bits per heavy atom. The summed E-state index contributed by atoms with van der Waals surface area (Å²) in [5.41, 5.74) is 3.69. The number of benzene rings is 2. The van der Waals surface area contributed by atoms with E-state index in [0.29, 0.717) is 5.56 Å². The molecule has 0 fully saturated rings. The molecule has 0 saturated heterocycles. The number of ether oxygens (including phenoxy) is 1. The van der Waals surface area contributed by atoms with Gasteiger partial charge in [-0.3, -0.25) is 0 Å². The maximum absolute atomic E-state index is 12.1. The zero-order valence-corrected chi connectivity index (χ0v) is 15.0. The highest BCUT2D eigenvalue weighted by atomic mass is 35.5. The molecule has 0 saturated carbocycles. The van der Waals surface area contributed by atoms with Gasteiger partial charge in [-0.1, -0.05) is 12.1 Å². The van der Waals surface area contributed by atoms with Gasteiger partial charge >= 0.3 is 0 Å². The lowest BCUT2D eigenvalue weighted by molar-refractivity contribution is 0.415. The summed E-state index contributed by atoms with van der Waals surface area (Å²) in [5, 5.41) is 8.78. The van der Waals surface area contributed by atoms with E-state index in [1.807, 2.05) is 30.3 Å². The maximum atomic E-state index is 12.1. The van der Waals surface area contributed by atoms with Crippen LogP contribution in [0.4, 0.5) is 0 Å². The Morgan fingerprint density at radius 3 is 2.17 bits per heavy atom. The summed E-state index contributed by atoms with van der Waals surface area (Å²) in [6.45, 7) is 1.74. The van der Waals surface area contributed by atoms with Gasteiger partial charge in [0.05, 0.1) is 12.0 Å². The Labute approximate surface area is 148 Å². The highest BCUT2D eigenvalue weighted by molar-refractivity contribution is 7.89. The minimum absolute atomic E-state index is 0. The molecule has 1 aliphatic heterocycles. The zero-order chi connectivity index (χ0) is 16.4. The molecule has 2 aromatic rings. The molecule has 24 heavy (non-hydrogen) atoms. The van der Waals surface area contributed by atoms with Crippen molar-refractivity contribution >= 4 is 22.4 Å². The number of hydrogen-bond donors (Lipinski definition) is 2. The number of rotatable bonds is 3. The van der Waals surface area contributed by atoms with Gasteiger partial charge in [0.15, 0.2) is 0 Å². The number of nitrogens with one attached hydrogen (secondary N) is 1. The van der Waals surface area contributed by atoms with Gasteiger partial charge < -0.3 is 10.1 Å². The van der Waals surface area contributed by atoms with Crippen LogP contribution in [0.15, 0.2) is 41.3 Å². The zero-order valence-electron chi connectivity index (χ0n) is 13.4. The van der Waals surface area contributed by atoms with Crippen LogP contribution in [0.25, 0.3) is 11.1 Å². The molecular formula is C17H21ClN2O3S. The summed E-state index contributed by atoms with van der Waals surface area (Å²) < 4.78 is 29.3. The SMILES string of the molecule is COc1ccc(-c2cc3c(cc2S(N)(=O)=O)CCNCC3)cc1.Cl. The van der Waals surface area contributed by atoms with Gasteiger partial charge in [-0.25, -0.2) is 13.6 Å². The lowest BCUT2D eigenvalue weighted by atomic mass is 9.96. The second-order valence-electron chi connectivity index (χ2n) is 5.64. The predicted octanol–water partition coefficient (Wildman–Crippen LogP) is 2.12. The molecular weight excluding hydrogens is 348 g/mol. The smallest absolute Gasteiger partial charge is 0.238 e. The number of nitrogens with two attached hydrogens (primary N) is 1. The van der Waals surface area contributed by atoms with Gasteiger partial charge in [-0.05, 0) is 66.9 Å². The molecule has 3 rings (SSSR count). The molecule has 0 aliphatic carbocycles. The molecule has 0 unspecified atom stereocenters. The Morgan fingerprint density at radius 2 is 1.62 bits per heavy atom. The average Bonchev–Trinajstić information content (AvgIpc) is 2.77. The summed E-state index contributed by atoms with van der Waals surface area (Å²) in [6.07, 6.45) is 1.68. The molecule has 0 amide bonds.